The van der Waals surface area contributed by atoms with Gasteiger partial charge in [-0.2, -0.15) is 0 Å². The van der Waals surface area contributed by atoms with Gasteiger partial charge in [-0.1, -0.05) is 20.3 Å². The third-order valence-corrected chi connectivity index (χ3v) is 3.59. The Hall–Kier alpha value is -0.120. The van der Waals surface area contributed by atoms with Crippen molar-refractivity contribution >= 4 is 0 Å². The summed E-state index contributed by atoms with van der Waals surface area (Å²) in [5.74, 6) is 1.02. The molecule has 17 heavy (non-hydrogen) atoms. The first kappa shape index (κ1) is 14.9. The van der Waals surface area contributed by atoms with E-state index < -0.39 is 0 Å². The molecule has 2 unspecified atom stereocenters. The van der Waals surface area contributed by atoms with Gasteiger partial charge in [0, 0.05) is 19.8 Å². The van der Waals surface area contributed by atoms with Gasteiger partial charge in [-0.25, -0.2) is 0 Å². The number of hydrogen-bond donors (Lipinski definition) is 1. The Labute approximate surface area is 105 Å². The van der Waals surface area contributed by atoms with E-state index in [1.54, 1.807) is 0 Å². The molecule has 0 spiro atoms. The Morgan fingerprint density at radius 3 is 2.71 bits per heavy atom. The summed E-state index contributed by atoms with van der Waals surface area (Å²) in [6.45, 7) is 6.30. The lowest BCUT2D eigenvalue weighted by Gasteiger charge is -2.23. The van der Waals surface area contributed by atoms with E-state index >= 15 is 0 Å². The third kappa shape index (κ3) is 6.39. The molecule has 0 aromatic rings. The topological polar surface area (TPSA) is 38.7 Å². The van der Waals surface area contributed by atoms with Gasteiger partial charge in [0.05, 0.1) is 0 Å². The Bertz CT molecular complexity index is 176. The summed E-state index contributed by atoms with van der Waals surface area (Å²) >= 11 is 0. The molecule has 0 bridgehead atoms. The Balaban J connectivity index is 1.96. The van der Waals surface area contributed by atoms with E-state index in [-0.39, 0.29) is 6.29 Å². The monoisotopic (exact) mass is 244 g/mol. The van der Waals surface area contributed by atoms with E-state index in [0.717, 1.165) is 38.9 Å². The molecule has 1 N–H and O–H groups in total. The summed E-state index contributed by atoms with van der Waals surface area (Å²) in [4.78, 5) is 0. The Morgan fingerprint density at radius 1 is 1.29 bits per heavy atom. The second kappa shape index (κ2) is 8.90. The van der Waals surface area contributed by atoms with Gasteiger partial charge in [0.1, 0.15) is 0 Å². The van der Waals surface area contributed by atoms with E-state index in [1.165, 1.54) is 12.8 Å². The number of aliphatic hydroxyl groups is 1. The molecule has 0 radical (unpaired) electrons. The van der Waals surface area contributed by atoms with Crippen molar-refractivity contribution in [3.05, 3.63) is 0 Å². The Morgan fingerprint density at radius 2 is 2.12 bits per heavy atom. The Kier molecular flexibility index (Phi) is 7.82. The van der Waals surface area contributed by atoms with Gasteiger partial charge >= 0.3 is 0 Å². The van der Waals surface area contributed by atoms with Crippen molar-refractivity contribution < 1.29 is 14.6 Å². The van der Waals surface area contributed by atoms with Gasteiger partial charge in [-0.3, -0.25) is 0 Å². The maximum atomic E-state index is 9.21. The molecule has 0 aromatic heterocycles. The maximum Gasteiger partial charge on any atom is 0.157 e. The smallest absolute Gasteiger partial charge is 0.157 e. The van der Waals surface area contributed by atoms with Gasteiger partial charge in [-0.05, 0) is 43.9 Å². The van der Waals surface area contributed by atoms with Crippen LogP contribution in [0.3, 0.4) is 0 Å². The highest BCUT2D eigenvalue weighted by atomic mass is 16.7. The van der Waals surface area contributed by atoms with Crippen molar-refractivity contribution in [1.82, 2.24) is 0 Å². The van der Waals surface area contributed by atoms with Crippen LogP contribution in [0, 0.1) is 11.8 Å². The van der Waals surface area contributed by atoms with Gasteiger partial charge in [-0.15, -0.1) is 0 Å². The van der Waals surface area contributed by atoms with Crippen LogP contribution in [0.1, 0.15) is 52.4 Å². The predicted octanol–water partition coefficient (Wildman–Crippen LogP) is 2.96. The van der Waals surface area contributed by atoms with Crippen LogP contribution in [0.4, 0.5) is 0 Å². The minimum Gasteiger partial charge on any atom is -0.396 e. The fourth-order valence-corrected chi connectivity index (χ4v) is 2.20. The summed E-state index contributed by atoms with van der Waals surface area (Å²) in [6.07, 6.45) is 6.80. The summed E-state index contributed by atoms with van der Waals surface area (Å²) in [5.41, 5.74) is 0. The van der Waals surface area contributed by atoms with Gasteiger partial charge in [0.15, 0.2) is 6.29 Å². The van der Waals surface area contributed by atoms with Crippen LogP contribution < -0.4 is 0 Å². The predicted molar refractivity (Wildman–Crippen MR) is 68.8 cm³/mol. The maximum absolute atomic E-state index is 9.21. The summed E-state index contributed by atoms with van der Waals surface area (Å²) in [6, 6.07) is 0. The molecule has 0 aromatic carbocycles. The van der Waals surface area contributed by atoms with Crippen LogP contribution in [0.15, 0.2) is 0 Å². The quantitative estimate of drug-likeness (QED) is 0.667. The molecule has 0 aliphatic carbocycles. The van der Waals surface area contributed by atoms with Crippen molar-refractivity contribution in [2.75, 3.05) is 19.8 Å². The first-order chi connectivity index (χ1) is 8.24. The molecule has 1 fully saturated rings. The van der Waals surface area contributed by atoms with Crippen molar-refractivity contribution in [3.8, 4) is 0 Å². The number of rotatable bonds is 8. The zero-order valence-corrected chi connectivity index (χ0v) is 11.4. The SMILES string of the molecule is CC(C)C(CO)CCCCOC1CCCCO1. The molecule has 1 aliphatic rings. The fourth-order valence-electron chi connectivity index (χ4n) is 2.20. The average molecular weight is 244 g/mol. The molecule has 2 atom stereocenters. The lowest BCUT2D eigenvalue weighted by Crippen LogP contribution is -2.22. The number of ether oxygens (including phenoxy) is 2. The minimum atomic E-state index is 0.0440. The molecule has 1 saturated heterocycles. The first-order valence-electron chi connectivity index (χ1n) is 7.08. The molecule has 102 valence electrons. The lowest BCUT2D eigenvalue weighted by molar-refractivity contribution is -0.162. The highest BCUT2D eigenvalue weighted by Crippen LogP contribution is 2.18. The lowest BCUT2D eigenvalue weighted by atomic mass is 9.91. The largest absolute Gasteiger partial charge is 0.396 e. The number of hydrogen-bond acceptors (Lipinski definition) is 3. The number of aliphatic hydroxyl groups excluding tert-OH is 1. The number of unbranched alkanes of at least 4 members (excludes halogenated alkanes) is 1. The third-order valence-electron chi connectivity index (χ3n) is 3.59. The standard InChI is InChI=1S/C14H28O3/c1-12(2)13(11-15)7-3-5-9-16-14-8-4-6-10-17-14/h12-15H,3-11H2,1-2H3. The van der Waals surface area contributed by atoms with Gasteiger partial charge in [0.2, 0.25) is 0 Å². The van der Waals surface area contributed by atoms with E-state index in [0.29, 0.717) is 18.4 Å². The van der Waals surface area contributed by atoms with Crippen LogP contribution in [0.2, 0.25) is 0 Å². The highest BCUT2D eigenvalue weighted by molar-refractivity contribution is 4.62. The van der Waals surface area contributed by atoms with Crippen molar-refractivity contribution in [3.63, 3.8) is 0 Å². The molecule has 3 heteroatoms. The molecule has 1 rings (SSSR count). The summed E-state index contributed by atoms with van der Waals surface area (Å²) in [7, 11) is 0. The van der Waals surface area contributed by atoms with Crippen molar-refractivity contribution in [2.24, 2.45) is 11.8 Å². The molecular formula is C14H28O3. The van der Waals surface area contributed by atoms with Crippen LogP contribution >= 0.6 is 0 Å². The summed E-state index contributed by atoms with van der Waals surface area (Å²) < 4.78 is 11.2. The van der Waals surface area contributed by atoms with Crippen molar-refractivity contribution in [1.29, 1.82) is 0 Å². The zero-order valence-electron chi connectivity index (χ0n) is 11.4. The van der Waals surface area contributed by atoms with Gasteiger partial charge in [0.25, 0.3) is 0 Å². The average Bonchev–Trinajstić information content (AvgIpc) is 2.34. The highest BCUT2D eigenvalue weighted by Gasteiger charge is 2.14. The van der Waals surface area contributed by atoms with E-state index in [4.69, 9.17) is 9.47 Å². The van der Waals surface area contributed by atoms with Crippen molar-refractivity contribution in [2.45, 2.75) is 58.7 Å². The second-order valence-electron chi connectivity index (χ2n) is 5.35. The second-order valence-corrected chi connectivity index (χ2v) is 5.35. The first-order valence-corrected chi connectivity index (χ1v) is 7.08. The van der Waals surface area contributed by atoms with E-state index in [1.807, 2.05) is 0 Å². The molecule has 0 saturated carbocycles. The summed E-state index contributed by atoms with van der Waals surface area (Å²) in [5, 5.41) is 9.21. The molecule has 1 heterocycles. The zero-order chi connectivity index (χ0) is 12.5. The van der Waals surface area contributed by atoms with Crippen LogP contribution in [-0.2, 0) is 9.47 Å². The minimum absolute atomic E-state index is 0.0440. The van der Waals surface area contributed by atoms with Gasteiger partial charge < -0.3 is 14.6 Å². The molecule has 1 aliphatic heterocycles. The molecule has 0 amide bonds. The van der Waals surface area contributed by atoms with Crippen LogP contribution in [0.25, 0.3) is 0 Å². The fraction of sp³-hybridized carbons (Fsp3) is 1.00. The molecular weight excluding hydrogens is 216 g/mol. The molecule has 3 nitrogen and oxygen atoms in total. The van der Waals surface area contributed by atoms with E-state index in [9.17, 15) is 5.11 Å². The van der Waals surface area contributed by atoms with Crippen LogP contribution in [-0.4, -0.2) is 31.2 Å². The normalized spacial score (nSPS) is 22.9. The van der Waals surface area contributed by atoms with Crippen LogP contribution in [0.5, 0.6) is 0 Å². The van der Waals surface area contributed by atoms with E-state index in [2.05, 4.69) is 13.8 Å².